The lowest BCUT2D eigenvalue weighted by Gasteiger charge is -2.22. The molecule has 0 saturated carbocycles. The number of carbonyl (C=O) groups excluding carboxylic acids is 1. The third-order valence-electron chi connectivity index (χ3n) is 4.28. The summed E-state index contributed by atoms with van der Waals surface area (Å²) < 4.78 is 9.03. The van der Waals surface area contributed by atoms with Gasteiger partial charge in [0, 0.05) is 18.4 Å². The number of nitrogens with zero attached hydrogens (tertiary/aromatic N) is 6. The number of benzene rings is 1. The van der Waals surface area contributed by atoms with Crippen molar-refractivity contribution in [3.8, 4) is 5.69 Å². The van der Waals surface area contributed by atoms with Gasteiger partial charge in [0.05, 0.1) is 30.2 Å². The summed E-state index contributed by atoms with van der Waals surface area (Å²) in [7, 11) is 0. The first-order valence-electron chi connectivity index (χ1n) is 8.57. The number of ether oxygens (including phenoxy) is 1. The molecule has 1 N–H and O–H groups in total. The van der Waals surface area contributed by atoms with Crippen molar-refractivity contribution in [2.45, 2.75) is 31.9 Å². The number of rotatable bonds is 5. The summed E-state index contributed by atoms with van der Waals surface area (Å²) in [5.74, 6) is -0.214. The number of hydrogen-bond donors (Lipinski definition) is 1. The summed E-state index contributed by atoms with van der Waals surface area (Å²) >= 11 is 0. The Kier molecular flexibility index (Phi) is 4.69. The van der Waals surface area contributed by atoms with E-state index >= 15 is 0 Å². The van der Waals surface area contributed by atoms with Crippen molar-refractivity contribution in [1.29, 1.82) is 0 Å². The Bertz CT molecular complexity index is 869. The highest BCUT2D eigenvalue weighted by molar-refractivity contribution is 6.04. The third kappa shape index (κ3) is 3.77. The highest BCUT2D eigenvalue weighted by Crippen LogP contribution is 2.16. The monoisotopic (exact) mass is 353 g/mol. The SMILES string of the molecule is O=C(Nc1cnn(CC2CCCCO2)c1)c1cccc(-n2cnnn2)c1. The average molecular weight is 353 g/mol. The van der Waals surface area contributed by atoms with Gasteiger partial charge in [0.25, 0.3) is 5.91 Å². The molecule has 9 heteroatoms. The zero-order valence-electron chi connectivity index (χ0n) is 14.2. The molecular weight excluding hydrogens is 334 g/mol. The maximum Gasteiger partial charge on any atom is 0.255 e. The number of hydrogen-bond acceptors (Lipinski definition) is 6. The molecule has 134 valence electrons. The molecule has 1 aromatic carbocycles. The maximum atomic E-state index is 12.5. The van der Waals surface area contributed by atoms with Gasteiger partial charge in [0.2, 0.25) is 0 Å². The van der Waals surface area contributed by atoms with Crippen LogP contribution in [-0.2, 0) is 11.3 Å². The molecule has 1 fully saturated rings. The second-order valence-electron chi connectivity index (χ2n) is 6.20. The zero-order chi connectivity index (χ0) is 17.8. The second kappa shape index (κ2) is 7.44. The summed E-state index contributed by atoms with van der Waals surface area (Å²) in [5, 5.41) is 18.2. The van der Waals surface area contributed by atoms with Gasteiger partial charge in [-0.2, -0.15) is 5.10 Å². The van der Waals surface area contributed by atoms with Crippen LogP contribution in [0.3, 0.4) is 0 Å². The van der Waals surface area contributed by atoms with Gasteiger partial charge in [-0.15, -0.1) is 5.10 Å². The predicted octanol–water partition coefficient (Wildman–Crippen LogP) is 1.68. The van der Waals surface area contributed by atoms with E-state index in [1.165, 1.54) is 17.4 Å². The summed E-state index contributed by atoms with van der Waals surface area (Å²) in [4.78, 5) is 12.5. The van der Waals surface area contributed by atoms with E-state index in [2.05, 4.69) is 25.9 Å². The van der Waals surface area contributed by atoms with Crippen molar-refractivity contribution < 1.29 is 9.53 Å². The summed E-state index contributed by atoms with van der Waals surface area (Å²) in [6.07, 6.45) is 8.50. The molecule has 9 nitrogen and oxygen atoms in total. The fourth-order valence-corrected chi connectivity index (χ4v) is 2.96. The largest absolute Gasteiger partial charge is 0.376 e. The second-order valence-corrected chi connectivity index (χ2v) is 6.20. The normalized spacial score (nSPS) is 17.2. The van der Waals surface area contributed by atoms with E-state index in [4.69, 9.17) is 4.74 Å². The van der Waals surface area contributed by atoms with Crippen molar-refractivity contribution in [3.63, 3.8) is 0 Å². The molecule has 26 heavy (non-hydrogen) atoms. The van der Waals surface area contributed by atoms with Gasteiger partial charge in [0.1, 0.15) is 6.33 Å². The zero-order valence-corrected chi connectivity index (χ0v) is 14.2. The van der Waals surface area contributed by atoms with Crippen LogP contribution in [0.1, 0.15) is 29.6 Å². The minimum atomic E-state index is -0.214. The van der Waals surface area contributed by atoms with Crippen molar-refractivity contribution in [2.24, 2.45) is 0 Å². The van der Waals surface area contributed by atoms with Crippen LogP contribution in [0.15, 0.2) is 43.0 Å². The summed E-state index contributed by atoms with van der Waals surface area (Å²) in [6, 6.07) is 7.08. The Morgan fingerprint density at radius 3 is 3.12 bits per heavy atom. The molecule has 0 spiro atoms. The molecule has 3 aromatic rings. The lowest BCUT2D eigenvalue weighted by molar-refractivity contribution is 0.00401. The van der Waals surface area contributed by atoms with Crippen molar-refractivity contribution >= 4 is 11.6 Å². The van der Waals surface area contributed by atoms with Crippen LogP contribution in [0.25, 0.3) is 5.69 Å². The first kappa shape index (κ1) is 16.4. The molecule has 4 rings (SSSR count). The van der Waals surface area contributed by atoms with Gasteiger partial charge in [-0.05, 0) is 47.9 Å². The smallest absolute Gasteiger partial charge is 0.255 e. The first-order valence-corrected chi connectivity index (χ1v) is 8.57. The maximum absolute atomic E-state index is 12.5. The van der Waals surface area contributed by atoms with E-state index in [9.17, 15) is 4.79 Å². The fraction of sp³-hybridized carbons (Fsp3) is 0.353. The molecule has 1 amide bonds. The van der Waals surface area contributed by atoms with Crippen LogP contribution < -0.4 is 5.32 Å². The molecule has 1 unspecified atom stereocenters. The van der Waals surface area contributed by atoms with Crippen LogP contribution in [0.5, 0.6) is 0 Å². The van der Waals surface area contributed by atoms with Gasteiger partial charge >= 0.3 is 0 Å². The number of tetrazole rings is 1. The minimum absolute atomic E-state index is 0.195. The van der Waals surface area contributed by atoms with E-state index in [1.54, 1.807) is 24.4 Å². The van der Waals surface area contributed by atoms with E-state index in [0.717, 1.165) is 19.4 Å². The highest BCUT2D eigenvalue weighted by Gasteiger charge is 2.15. The van der Waals surface area contributed by atoms with Crippen molar-refractivity contribution in [1.82, 2.24) is 30.0 Å². The number of amides is 1. The van der Waals surface area contributed by atoms with E-state index in [1.807, 2.05) is 16.9 Å². The minimum Gasteiger partial charge on any atom is -0.376 e. The third-order valence-corrected chi connectivity index (χ3v) is 4.28. The van der Waals surface area contributed by atoms with Gasteiger partial charge in [-0.1, -0.05) is 6.07 Å². The number of aromatic nitrogens is 6. The predicted molar refractivity (Wildman–Crippen MR) is 92.9 cm³/mol. The molecule has 3 heterocycles. The van der Waals surface area contributed by atoms with Gasteiger partial charge in [-0.3, -0.25) is 9.48 Å². The molecule has 1 atom stereocenters. The van der Waals surface area contributed by atoms with Gasteiger partial charge in [0.15, 0.2) is 0 Å². The number of anilines is 1. The summed E-state index contributed by atoms with van der Waals surface area (Å²) in [5.41, 5.74) is 1.88. The molecule has 2 aromatic heterocycles. The van der Waals surface area contributed by atoms with Gasteiger partial charge < -0.3 is 10.1 Å². The fourth-order valence-electron chi connectivity index (χ4n) is 2.96. The molecule has 1 saturated heterocycles. The lowest BCUT2D eigenvalue weighted by Crippen LogP contribution is -2.24. The molecule has 1 aliphatic heterocycles. The van der Waals surface area contributed by atoms with Crippen molar-refractivity contribution in [3.05, 3.63) is 48.5 Å². The molecule has 0 aliphatic carbocycles. The van der Waals surface area contributed by atoms with Crippen LogP contribution >= 0.6 is 0 Å². The van der Waals surface area contributed by atoms with E-state index in [-0.39, 0.29) is 12.0 Å². The Balaban J connectivity index is 1.41. The number of carbonyl (C=O) groups is 1. The standard InChI is InChI=1S/C17H19N7O2/c25-17(13-4-3-5-15(8-13)24-12-18-21-22-24)20-14-9-19-23(10-14)11-16-6-1-2-7-26-16/h3-5,8-10,12,16H,1-2,6-7,11H2,(H,20,25). The first-order chi connectivity index (χ1) is 12.8. The van der Waals surface area contributed by atoms with Crippen LogP contribution in [-0.4, -0.2) is 48.6 Å². The Labute approximate surface area is 150 Å². The van der Waals surface area contributed by atoms with Crippen LogP contribution in [0, 0.1) is 0 Å². The van der Waals surface area contributed by atoms with Gasteiger partial charge in [-0.25, -0.2) is 4.68 Å². The quantitative estimate of drug-likeness (QED) is 0.749. The Morgan fingerprint density at radius 2 is 2.31 bits per heavy atom. The molecule has 1 aliphatic rings. The van der Waals surface area contributed by atoms with E-state index < -0.39 is 0 Å². The van der Waals surface area contributed by atoms with Crippen molar-refractivity contribution in [2.75, 3.05) is 11.9 Å². The molecule has 0 radical (unpaired) electrons. The Morgan fingerprint density at radius 1 is 1.35 bits per heavy atom. The lowest BCUT2D eigenvalue weighted by atomic mass is 10.1. The number of nitrogens with one attached hydrogen (secondary N) is 1. The van der Waals surface area contributed by atoms with E-state index in [0.29, 0.717) is 23.5 Å². The van der Waals surface area contributed by atoms with Crippen LogP contribution in [0.2, 0.25) is 0 Å². The topological polar surface area (TPSA) is 99.8 Å². The Hall–Kier alpha value is -3.07. The average Bonchev–Trinajstić information content (AvgIpc) is 3.35. The highest BCUT2D eigenvalue weighted by atomic mass is 16.5. The van der Waals surface area contributed by atoms with Crippen LogP contribution in [0.4, 0.5) is 5.69 Å². The molecular formula is C17H19N7O2. The summed E-state index contributed by atoms with van der Waals surface area (Å²) in [6.45, 7) is 1.51. The molecule has 0 bridgehead atoms.